The van der Waals surface area contributed by atoms with E-state index < -0.39 is 0 Å². The monoisotopic (exact) mass is 718 g/mol. The van der Waals surface area contributed by atoms with Crippen molar-refractivity contribution in [1.82, 2.24) is 9.13 Å². The summed E-state index contributed by atoms with van der Waals surface area (Å²) in [5.41, 5.74) is 12.6. The highest BCUT2D eigenvalue weighted by molar-refractivity contribution is 6.13. The lowest BCUT2D eigenvalue weighted by Gasteiger charge is -2.19. The number of nitrogens with two attached hydrogens (primary N) is 1. The molecule has 0 radical (unpaired) electrons. The molecule has 1 aliphatic heterocycles. The first-order valence-corrected chi connectivity index (χ1v) is 19.1. The summed E-state index contributed by atoms with van der Waals surface area (Å²) >= 11 is 0. The molecule has 0 bridgehead atoms. The topological polar surface area (TPSA) is 51.2 Å². The molecule has 5 heteroatoms. The Morgan fingerprint density at radius 2 is 0.875 bits per heavy atom. The van der Waals surface area contributed by atoms with Gasteiger partial charge in [-0.3, -0.25) is 5.32 Å². The smallest absolute Gasteiger partial charge is 0.235 e. The van der Waals surface area contributed by atoms with E-state index in [9.17, 15) is 0 Å². The molecule has 56 heavy (non-hydrogen) atoms. The van der Waals surface area contributed by atoms with Crippen LogP contribution in [-0.4, -0.2) is 20.8 Å². The number of benzene rings is 8. The van der Waals surface area contributed by atoms with Crippen LogP contribution in [0.25, 0.3) is 66.1 Å². The quantitative estimate of drug-likeness (QED) is 0.178. The van der Waals surface area contributed by atoms with Crippen LogP contribution in [0.2, 0.25) is 0 Å². The summed E-state index contributed by atoms with van der Waals surface area (Å²) in [7, 11) is 0. The van der Waals surface area contributed by atoms with Gasteiger partial charge in [-0.25, -0.2) is 4.99 Å². The van der Waals surface area contributed by atoms with Crippen LogP contribution in [0, 0.1) is 0 Å². The normalized spacial score (nSPS) is 14.4. The van der Waals surface area contributed by atoms with Gasteiger partial charge in [0, 0.05) is 44.0 Å². The van der Waals surface area contributed by atoms with Crippen molar-refractivity contribution in [2.75, 3.05) is 0 Å². The van der Waals surface area contributed by atoms with E-state index in [-0.39, 0.29) is 6.17 Å². The van der Waals surface area contributed by atoms with Crippen LogP contribution in [0.1, 0.15) is 22.9 Å². The number of amidine groups is 2. The summed E-state index contributed by atoms with van der Waals surface area (Å²) in [6, 6.07) is 71.4. The maximum Gasteiger partial charge on any atom is 0.235 e. The minimum Gasteiger partial charge on any atom is -0.309 e. The van der Waals surface area contributed by atoms with Gasteiger partial charge < -0.3 is 9.13 Å². The van der Waals surface area contributed by atoms with Crippen LogP contribution < -0.4 is 5.32 Å². The first-order valence-electron chi connectivity index (χ1n) is 19.1. The molecule has 0 saturated carbocycles. The minimum absolute atomic E-state index is 0.136. The summed E-state index contributed by atoms with van der Waals surface area (Å²) in [6.45, 7) is 0. The van der Waals surface area contributed by atoms with E-state index in [0.29, 0.717) is 0 Å². The first-order chi connectivity index (χ1) is 27.8. The maximum atomic E-state index is 5.21. The summed E-state index contributed by atoms with van der Waals surface area (Å²) in [5, 5.41) is 7.10. The van der Waals surface area contributed by atoms with Gasteiger partial charge in [-0.1, -0.05) is 127 Å². The van der Waals surface area contributed by atoms with Crippen molar-refractivity contribution in [3.63, 3.8) is 0 Å². The van der Waals surface area contributed by atoms with Gasteiger partial charge in [-0.15, -0.1) is 0 Å². The molecule has 1 atom stereocenters. The Morgan fingerprint density at radius 1 is 0.375 bits per heavy atom. The van der Waals surface area contributed by atoms with E-state index in [1.54, 1.807) is 0 Å². The van der Waals surface area contributed by atoms with Crippen LogP contribution >= 0.6 is 0 Å². The third-order valence-corrected chi connectivity index (χ3v) is 11.1. The molecule has 2 aromatic heterocycles. The van der Waals surface area contributed by atoms with E-state index >= 15 is 0 Å². The number of aromatic nitrogens is 2. The van der Waals surface area contributed by atoms with Crippen molar-refractivity contribution in [2.45, 2.75) is 6.17 Å². The summed E-state index contributed by atoms with van der Waals surface area (Å²) < 4.78 is 4.74. The Morgan fingerprint density at radius 3 is 1.52 bits per heavy atom. The number of rotatable bonds is 6. The van der Waals surface area contributed by atoms with Crippen molar-refractivity contribution < 1.29 is 5.32 Å². The molecular weight excluding hydrogens is 683 g/mol. The highest BCUT2D eigenvalue weighted by Gasteiger charge is 2.26. The minimum atomic E-state index is -0.136. The first kappa shape index (κ1) is 32.1. The van der Waals surface area contributed by atoms with Crippen LogP contribution in [0.4, 0.5) is 0 Å². The van der Waals surface area contributed by atoms with Gasteiger partial charge in [0.25, 0.3) is 0 Å². The largest absolute Gasteiger partial charge is 0.309 e. The number of nitrogens with zero attached hydrogens (tertiary/aromatic N) is 4. The molecule has 0 aliphatic carbocycles. The third-order valence-electron chi connectivity index (χ3n) is 11.1. The van der Waals surface area contributed by atoms with Crippen LogP contribution in [0.5, 0.6) is 0 Å². The Labute approximate surface area is 324 Å². The zero-order chi connectivity index (χ0) is 37.0. The number of hydrogen-bond donors (Lipinski definition) is 1. The molecule has 2 N–H and O–H groups in total. The lowest BCUT2D eigenvalue weighted by molar-refractivity contribution is -0.586. The zero-order valence-corrected chi connectivity index (χ0v) is 30.5. The zero-order valence-electron chi connectivity index (χ0n) is 30.5. The molecule has 10 aromatic rings. The molecule has 0 fully saturated rings. The van der Waals surface area contributed by atoms with Gasteiger partial charge in [0.1, 0.15) is 0 Å². The van der Waals surface area contributed by atoms with Crippen molar-refractivity contribution in [1.29, 1.82) is 0 Å². The summed E-state index contributed by atoms with van der Waals surface area (Å²) in [5.74, 6) is 1.66. The van der Waals surface area contributed by atoms with Gasteiger partial charge in [-0.05, 0) is 83.9 Å². The number of hydrogen-bond acceptors (Lipinski definition) is 2. The Hall–Kier alpha value is -7.34. The molecule has 5 nitrogen and oxygen atoms in total. The van der Waals surface area contributed by atoms with E-state index in [2.05, 4.69) is 203 Å². The SMILES string of the molecule is c1ccc(C2=NC(c3cccc(-n4c5ccccc5c5cc(-c6ccc7c(c6)c6ccccc6n7-c6ccccc6)ccc54)c3)=NC(c3ccccc3)[NH2+]2)cc1. The summed E-state index contributed by atoms with van der Waals surface area (Å²) in [4.78, 5) is 10.4. The molecule has 0 amide bonds. The molecule has 0 saturated heterocycles. The van der Waals surface area contributed by atoms with Gasteiger partial charge in [0.15, 0.2) is 5.84 Å². The van der Waals surface area contributed by atoms with Crippen LogP contribution in [0.15, 0.2) is 210 Å². The second-order valence-corrected chi connectivity index (χ2v) is 14.4. The fourth-order valence-electron chi connectivity index (χ4n) is 8.45. The second kappa shape index (κ2) is 13.2. The molecule has 3 heterocycles. The maximum absolute atomic E-state index is 5.21. The van der Waals surface area contributed by atoms with E-state index in [1.165, 1.54) is 43.7 Å². The fraction of sp³-hybridized carbons (Fsp3) is 0.0196. The summed E-state index contributed by atoms with van der Waals surface area (Å²) in [6.07, 6.45) is -0.136. The van der Waals surface area contributed by atoms with Crippen molar-refractivity contribution in [2.24, 2.45) is 9.98 Å². The second-order valence-electron chi connectivity index (χ2n) is 14.4. The van der Waals surface area contributed by atoms with Gasteiger partial charge in [-0.2, -0.15) is 4.99 Å². The lowest BCUT2D eigenvalue weighted by Crippen LogP contribution is -2.89. The lowest BCUT2D eigenvalue weighted by atomic mass is 10.0. The standard InChI is InChI=1S/C51H35N5/c1-4-15-34(16-5-1)49-52-50(35-17-6-2-7-18-35)54-51(53-49)38-19-14-22-40(31-38)56-46-26-13-11-24-42(46)44-33-37(28-30-48(44)56)36-27-29-47-43(32-36)41-23-10-12-25-45(41)55(47)39-20-8-3-9-21-39/h1-33,49H,(H,52,53,54)/p+1. The molecule has 0 spiro atoms. The van der Waals surface area contributed by atoms with E-state index in [1.807, 2.05) is 12.1 Å². The van der Waals surface area contributed by atoms with Crippen molar-refractivity contribution in [3.05, 3.63) is 217 Å². The van der Waals surface area contributed by atoms with Crippen LogP contribution in [-0.2, 0) is 0 Å². The van der Waals surface area contributed by atoms with Crippen LogP contribution in [0.3, 0.4) is 0 Å². The fourth-order valence-corrected chi connectivity index (χ4v) is 8.45. The molecule has 11 rings (SSSR count). The van der Waals surface area contributed by atoms with E-state index in [4.69, 9.17) is 9.98 Å². The average molecular weight is 719 g/mol. The number of para-hydroxylation sites is 3. The highest BCUT2D eigenvalue weighted by atomic mass is 15.2. The third kappa shape index (κ3) is 5.36. The Kier molecular flexibility index (Phi) is 7.57. The Bertz CT molecular complexity index is 3150. The molecule has 8 aromatic carbocycles. The molecule has 264 valence electrons. The van der Waals surface area contributed by atoms with Gasteiger partial charge in [0.05, 0.1) is 27.6 Å². The molecule has 1 unspecified atom stereocenters. The predicted molar refractivity (Wildman–Crippen MR) is 231 cm³/mol. The van der Waals surface area contributed by atoms with E-state index in [0.717, 1.165) is 50.8 Å². The number of aliphatic imine (C=N–C) groups is 2. The van der Waals surface area contributed by atoms with Gasteiger partial charge in [0.2, 0.25) is 12.0 Å². The number of quaternary nitrogens is 1. The highest BCUT2D eigenvalue weighted by Crippen LogP contribution is 2.38. The number of fused-ring (bicyclic) bond motifs is 6. The average Bonchev–Trinajstić information content (AvgIpc) is 3.79. The van der Waals surface area contributed by atoms with Gasteiger partial charge >= 0.3 is 0 Å². The molecule has 1 aliphatic rings. The molecular formula is C51H36N5+. The van der Waals surface area contributed by atoms with Crippen molar-refractivity contribution >= 4 is 55.3 Å². The van der Waals surface area contributed by atoms with Crippen molar-refractivity contribution in [3.8, 4) is 22.5 Å². The predicted octanol–water partition coefficient (Wildman–Crippen LogP) is 11.0. The Balaban J connectivity index is 1.03.